The van der Waals surface area contributed by atoms with Crippen molar-refractivity contribution in [1.29, 1.82) is 0 Å². The van der Waals surface area contributed by atoms with E-state index in [9.17, 15) is 4.39 Å². The van der Waals surface area contributed by atoms with Crippen molar-refractivity contribution in [3.05, 3.63) is 42.1 Å². The van der Waals surface area contributed by atoms with Gasteiger partial charge >= 0.3 is 0 Å². The number of halogens is 1. The van der Waals surface area contributed by atoms with Crippen LogP contribution in [0.25, 0.3) is 10.8 Å². The number of hydrogen-bond acceptors (Lipinski definition) is 7. The van der Waals surface area contributed by atoms with Gasteiger partial charge in [-0.15, -0.1) is 0 Å². The summed E-state index contributed by atoms with van der Waals surface area (Å²) in [5.41, 5.74) is -0.932. The van der Waals surface area contributed by atoms with Crippen LogP contribution >= 0.6 is 0 Å². The van der Waals surface area contributed by atoms with E-state index in [0.717, 1.165) is 16.3 Å². The van der Waals surface area contributed by atoms with Gasteiger partial charge in [-0.3, -0.25) is 0 Å². The maximum absolute atomic E-state index is 14.2. The molecule has 0 amide bonds. The van der Waals surface area contributed by atoms with Crippen LogP contribution in [-0.2, 0) is 11.2 Å². The van der Waals surface area contributed by atoms with Crippen molar-refractivity contribution in [3.8, 4) is 5.88 Å². The lowest BCUT2D eigenvalue weighted by Gasteiger charge is -2.26. The fourth-order valence-electron chi connectivity index (χ4n) is 2.82. The van der Waals surface area contributed by atoms with Gasteiger partial charge in [-0.2, -0.15) is 0 Å². The van der Waals surface area contributed by atoms with Crippen molar-refractivity contribution in [2.24, 2.45) is 0 Å². The second kappa shape index (κ2) is 7.27. The highest BCUT2D eigenvalue weighted by molar-refractivity contribution is 5.91. The van der Waals surface area contributed by atoms with Crippen molar-refractivity contribution in [2.45, 2.75) is 38.9 Å². The van der Waals surface area contributed by atoms with E-state index in [2.05, 4.69) is 44.4 Å². The Bertz CT molecular complexity index is 1000. The molecule has 3 aromatic rings. The van der Waals surface area contributed by atoms with Crippen LogP contribution in [0.5, 0.6) is 5.88 Å². The molecule has 3 aromatic heterocycles. The number of fused-ring (bicyclic) bond motifs is 1. The van der Waals surface area contributed by atoms with Crippen LogP contribution in [0.1, 0.15) is 39.1 Å². The smallest absolute Gasteiger partial charge is 0.222 e. The van der Waals surface area contributed by atoms with Gasteiger partial charge in [0.25, 0.3) is 0 Å². The molecule has 0 radical (unpaired) electrons. The molecule has 148 valence electrons. The quantitative estimate of drug-likeness (QED) is 0.668. The molecule has 0 fully saturated rings. The summed E-state index contributed by atoms with van der Waals surface area (Å²) in [6, 6.07) is 3.59. The van der Waals surface area contributed by atoms with Crippen LogP contribution in [0.4, 0.5) is 16.0 Å². The number of methoxy groups -OCH3 is 1. The monoisotopic (exact) mass is 384 g/mol. The van der Waals surface area contributed by atoms with E-state index in [1.54, 1.807) is 25.6 Å². The molecule has 2 N–H and O–H groups in total. The molecule has 7 nitrogen and oxygen atoms in total. The first-order chi connectivity index (χ1) is 13.2. The number of aromatic nitrogens is 4. The summed E-state index contributed by atoms with van der Waals surface area (Å²) in [5.74, 6) is 1.67. The third-order valence-corrected chi connectivity index (χ3v) is 4.67. The Morgan fingerprint density at radius 1 is 1.00 bits per heavy atom. The van der Waals surface area contributed by atoms with E-state index in [0.29, 0.717) is 17.5 Å². The standard InChI is InChI=1S/C20H25FN6O/c1-19(2,21)18-23-8-7-15(27-18)26-16-9-12-13(10-24-16)17(28-6)25-11-14(12)20(3,4)22-5/h7-11,22H,1-6H3,(H,23,24,26,27). The molecule has 3 rings (SSSR count). The second-order valence-corrected chi connectivity index (χ2v) is 7.53. The van der Waals surface area contributed by atoms with Crippen molar-refractivity contribution in [2.75, 3.05) is 19.5 Å². The summed E-state index contributed by atoms with van der Waals surface area (Å²) >= 11 is 0. The van der Waals surface area contributed by atoms with Crippen molar-refractivity contribution < 1.29 is 9.13 Å². The van der Waals surface area contributed by atoms with Crippen LogP contribution in [0.2, 0.25) is 0 Å². The number of anilines is 2. The Morgan fingerprint density at radius 2 is 1.75 bits per heavy atom. The molecular weight excluding hydrogens is 359 g/mol. The first-order valence-corrected chi connectivity index (χ1v) is 8.97. The van der Waals surface area contributed by atoms with Crippen LogP contribution in [0.15, 0.2) is 30.7 Å². The van der Waals surface area contributed by atoms with E-state index >= 15 is 0 Å². The molecule has 0 aromatic carbocycles. The number of alkyl halides is 1. The number of nitrogens with zero attached hydrogens (tertiary/aromatic N) is 4. The van der Waals surface area contributed by atoms with Gasteiger partial charge in [0.15, 0.2) is 11.5 Å². The summed E-state index contributed by atoms with van der Waals surface area (Å²) in [7, 11) is 3.48. The van der Waals surface area contributed by atoms with Crippen molar-refractivity contribution in [1.82, 2.24) is 25.3 Å². The number of pyridine rings is 2. The Kier molecular flexibility index (Phi) is 5.16. The first kappa shape index (κ1) is 19.9. The molecular formula is C20H25FN6O. The molecule has 0 spiro atoms. The van der Waals surface area contributed by atoms with E-state index in [1.165, 1.54) is 20.0 Å². The van der Waals surface area contributed by atoms with Crippen molar-refractivity contribution in [3.63, 3.8) is 0 Å². The zero-order valence-electron chi connectivity index (χ0n) is 17.0. The SMILES string of the molecule is CNC(C)(C)c1cnc(OC)c2cnc(Nc3ccnc(C(C)(C)F)n3)cc12. The topological polar surface area (TPSA) is 84.9 Å². The van der Waals surface area contributed by atoms with Crippen LogP contribution < -0.4 is 15.4 Å². The number of ether oxygens (including phenoxy) is 1. The highest BCUT2D eigenvalue weighted by Crippen LogP contribution is 2.33. The average molecular weight is 384 g/mol. The molecule has 0 aliphatic carbocycles. The van der Waals surface area contributed by atoms with Crippen LogP contribution in [-0.4, -0.2) is 34.1 Å². The summed E-state index contributed by atoms with van der Waals surface area (Å²) in [6.07, 6.45) is 5.03. The molecule has 0 saturated carbocycles. The highest BCUT2D eigenvalue weighted by atomic mass is 19.1. The predicted molar refractivity (Wildman–Crippen MR) is 108 cm³/mol. The zero-order chi connectivity index (χ0) is 20.5. The maximum atomic E-state index is 14.2. The van der Waals surface area contributed by atoms with Gasteiger partial charge < -0.3 is 15.4 Å². The third kappa shape index (κ3) is 3.87. The number of hydrogen-bond donors (Lipinski definition) is 2. The Hall–Kier alpha value is -2.87. The second-order valence-electron chi connectivity index (χ2n) is 7.53. The average Bonchev–Trinajstić information content (AvgIpc) is 2.66. The lowest BCUT2D eigenvalue weighted by molar-refractivity contribution is 0.206. The minimum absolute atomic E-state index is 0.112. The lowest BCUT2D eigenvalue weighted by Crippen LogP contribution is -2.33. The van der Waals surface area contributed by atoms with Crippen molar-refractivity contribution >= 4 is 22.4 Å². The molecule has 0 aliphatic rings. The Labute approximate surface area is 163 Å². The Balaban J connectivity index is 2.08. The molecule has 0 bridgehead atoms. The minimum atomic E-state index is -1.63. The van der Waals surface area contributed by atoms with Crippen LogP contribution in [0, 0.1) is 0 Å². The number of nitrogens with one attached hydrogen (secondary N) is 2. The third-order valence-electron chi connectivity index (χ3n) is 4.67. The summed E-state index contributed by atoms with van der Waals surface area (Å²) < 4.78 is 19.5. The van der Waals surface area contributed by atoms with Gasteiger partial charge in [0.1, 0.15) is 11.6 Å². The molecule has 3 heterocycles. The van der Waals surface area contributed by atoms with Crippen LogP contribution in [0.3, 0.4) is 0 Å². The van der Waals surface area contributed by atoms with Gasteiger partial charge in [0.05, 0.1) is 12.5 Å². The zero-order valence-corrected chi connectivity index (χ0v) is 17.0. The molecule has 0 saturated heterocycles. The van der Waals surface area contributed by atoms with E-state index in [4.69, 9.17) is 4.74 Å². The minimum Gasteiger partial charge on any atom is -0.481 e. The largest absolute Gasteiger partial charge is 0.481 e. The van der Waals surface area contributed by atoms with Gasteiger partial charge in [0.2, 0.25) is 5.88 Å². The molecule has 0 unspecified atom stereocenters. The maximum Gasteiger partial charge on any atom is 0.222 e. The fourth-order valence-corrected chi connectivity index (χ4v) is 2.82. The fraction of sp³-hybridized carbons (Fsp3) is 0.400. The predicted octanol–water partition coefficient (Wildman–Crippen LogP) is 3.83. The lowest BCUT2D eigenvalue weighted by atomic mass is 9.92. The summed E-state index contributed by atoms with van der Waals surface area (Å²) in [4.78, 5) is 17.1. The molecule has 0 atom stereocenters. The van der Waals surface area contributed by atoms with Gasteiger partial charge in [-0.25, -0.2) is 24.3 Å². The van der Waals surface area contributed by atoms with Gasteiger partial charge in [0, 0.05) is 24.1 Å². The Morgan fingerprint density at radius 3 is 2.39 bits per heavy atom. The molecule has 28 heavy (non-hydrogen) atoms. The summed E-state index contributed by atoms with van der Waals surface area (Å²) in [6.45, 7) is 6.99. The highest BCUT2D eigenvalue weighted by Gasteiger charge is 2.24. The van der Waals surface area contributed by atoms with E-state index < -0.39 is 5.67 Å². The number of rotatable bonds is 6. The van der Waals surface area contributed by atoms with E-state index in [1.807, 2.05) is 13.1 Å². The van der Waals surface area contributed by atoms with E-state index in [-0.39, 0.29) is 11.4 Å². The van der Waals surface area contributed by atoms with Gasteiger partial charge in [-0.1, -0.05) is 0 Å². The molecule has 8 heteroatoms. The first-order valence-electron chi connectivity index (χ1n) is 8.97. The normalized spacial score (nSPS) is 12.2. The van der Waals surface area contributed by atoms with Gasteiger partial charge in [-0.05, 0) is 57.8 Å². The molecule has 0 aliphatic heterocycles. The summed E-state index contributed by atoms with van der Waals surface area (Å²) in [5, 5.41) is 8.18.